The summed E-state index contributed by atoms with van der Waals surface area (Å²) in [6, 6.07) is 2.50. The average molecular weight is 329 g/mol. The van der Waals surface area contributed by atoms with Gasteiger partial charge in [0.1, 0.15) is 5.82 Å². The first-order chi connectivity index (χ1) is 11.9. The van der Waals surface area contributed by atoms with Gasteiger partial charge >= 0.3 is 0 Å². The number of fused-ring (bicyclic) bond motifs is 2. The second-order valence-electron chi connectivity index (χ2n) is 6.79. The molecule has 3 aliphatic rings. The Kier molecular flexibility index (Phi) is 3.65. The summed E-state index contributed by atoms with van der Waals surface area (Å²) in [5.41, 5.74) is 4.30. The predicted octanol–water partition coefficient (Wildman–Crippen LogP) is 1.41. The van der Waals surface area contributed by atoms with Crippen molar-refractivity contribution in [3.05, 3.63) is 23.0 Å². The number of hydrogen-bond donors (Lipinski definition) is 1. The van der Waals surface area contributed by atoms with Crippen LogP contribution in [-0.4, -0.2) is 47.4 Å². The van der Waals surface area contributed by atoms with Gasteiger partial charge in [-0.25, -0.2) is 4.98 Å². The third kappa shape index (κ3) is 2.39. The van der Waals surface area contributed by atoms with Crippen LogP contribution in [0.1, 0.15) is 42.3 Å². The van der Waals surface area contributed by atoms with Crippen molar-refractivity contribution in [2.45, 2.75) is 38.5 Å². The number of ether oxygens (including phenoxy) is 2. The summed E-state index contributed by atoms with van der Waals surface area (Å²) in [4.78, 5) is 7.19. The summed E-state index contributed by atoms with van der Waals surface area (Å²) in [5.74, 6) is 1.15. The molecule has 5 heterocycles. The van der Waals surface area contributed by atoms with Gasteiger partial charge in [-0.05, 0) is 19.4 Å². The predicted molar refractivity (Wildman–Crippen MR) is 89.1 cm³/mol. The molecule has 0 amide bonds. The molecule has 2 aromatic rings. The first kappa shape index (κ1) is 14.6. The van der Waals surface area contributed by atoms with Crippen LogP contribution in [-0.2, 0) is 22.7 Å². The molecule has 2 aromatic heterocycles. The number of nitrogens with one attached hydrogen (secondary N) is 1. The summed E-state index contributed by atoms with van der Waals surface area (Å²) in [5, 5.41) is 8.53. The Balaban J connectivity index is 1.62. The molecular weight excluding hydrogens is 306 g/mol. The molecule has 0 spiro atoms. The number of aromatic nitrogens is 3. The minimum atomic E-state index is 0.351. The molecule has 3 aliphatic heterocycles. The fourth-order valence-electron chi connectivity index (χ4n) is 3.98. The zero-order chi connectivity index (χ0) is 15.9. The summed E-state index contributed by atoms with van der Waals surface area (Å²) < 4.78 is 13.2. The molecule has 1 unspecified atom stereocenters. The van der Waals surface area contributed by atoms with Gasteiger partial charge < -0.3 is 19.7 Å². The minimum Gasteiger partial charge on any atom is -0.378 e. The van der Waals surface area contributed by atoms with Gasteiger partial charge in [0.15, 0.2) is 5.65 Å². The van der Waals surface area contributed by atoms with E-state index < -0.39 is 0 Å². The molecule has 7 heteroatoms. The van der Waals surface area contributed by atoms with Crippen molar-refractivity contribution < 1.29 is 9.47 Å². The second-order valence-corrected chi connectivity index (χ2v) is 6.79. The van der Waals surface area contributed by atoms with Crippen LogP contribution in [0.15, 0.2) is 6.07 Å². The highest BCUT2D eigenvalue weighted by Gasteiger charge is 2.27. The molecule has 0 aliphatic carbocycles. The van der Waals surface area contributed by atoms with Crippen LogP contribution in [0.3, 0.4) is 0 Å². The molecule has 0 aromatic carbocycles. The Labute approximate surface area is 140 Å². The van der Waals surface area contributed by atoms with Crippen LogP contribution >= 0.6 is 0 Å². The van der Waals surface area contributed by atoms with E-state index in [0.717, 1.165) is 62.1 Å². The number of rotatable bonds is 2. The highest BCUT2D eigenvalue weighted by atomic mass is 16.5. The fourth-order valence-corrected chi connectivity index (χ4v) is 3.98. The summed E-state index contributed by atoms with van der Waals surface area (Å²) in [6.45, 7) is 5.61. The first-order valence-corrected chi connectivity index (χ1v) is 8.95. The van der Waals surface area contributed by atoms with E-state index in [1.54, 1.807) is 0 Å². The van der Waals surface area contributed by atoms with Gasteiger partial charge in [-0.3, -0.25) is 0 Å². The Bertz CT molecular complexity index is 747. The van der Waals surface area contributed by atoms with Gasteiger partial charge in [-0.15, -0.1) is 0 Å². The standard InChI is InChI=1S/C17H23N5O2/c1-2-4-18-13(3-1)14-9-16-19-15-11-24-10-12(15)17(22(16)20-14)21-5-7-23-8-6-21/h9,13,18H,1-8,10-11H2. The van der Waals surface area contributed by atoms with Crippen molar-refractivity contribution in [2.75, 3.05) is 37.7 Å². The highest BCUT2D eigenvalue weighted by Crippen LogP contribution is 2.32. The monoisotopic (exact) mass is 329 g/mol. The van der Waals surface area contributed by atoms with Gasteiger partial charge in [0.2, 0.25) is 0 Å². The van der Waals surface area contributed by atoms with Crippen LogP contribution in [0.5, 0.6) is 0 Å². The maximum Gasteiger partial charge on any atom is 0.158 e. The van der Waals surface area contributed by atoms with E-state index in [4.69, 9.17) is 19.6 Å². The van der Waals surface area contributed by atoms with E-state index in [1.807, 2.05) is 4.52 Å². The van der Waals surface area contributed by atoms with Crippen molar-refractivity contribution in [2.24, 2.45) is 0 Å². The van der Waals surface area contributed by atoms with Crippen LogP contribution in [0.2, 0.25) is 0 Å². The van der Waals surface area contributed by atoms with Gasteiger partial charge in [0, 0.05) is 24.7 Å². The normalized spacial score (nSPS) is 24.5. The molecule has 2 fully saturated rings. The number of hydrogen-bond acceptors (Lipinski definition) is 6. The van der Waals surface area contributed by atoms with E-state index in [-0.39, 0.29) is 0 Å². The molecule has 128 valence electrons. The Morgan fingerprint density at radius 2 is 2.04 bits per heavy atom. The zero-order valence-electron chi connectivity index (χ0n) is 13.8. The third-order valence-corrected chi connectivity index (χ3v) is 5.24. The van der Waals surface area contributed by atoms with Crippen LogP contribution in [0, 0.1) is 0 Å². The SMILES string of the molecule is c1c(C2CCCCN2)nn2c(N3CCOCC3)c3c(nc12)COC3. The van der Waals surface area contributed by atoms with Gasteiger partial charge in [-0.2, -0.15) is 9.61 Å². The second kappa shape index (κ2) is 5.98. The Morgan fingerprint density at radius 1 is 1.12 bits per heavy atom. The third-order valence-electron chi connectivity index (χ3n) is 5.24. The molecular formula is C17H23N5O2. The van der Waals surface area contributed by atoms with Crippen LogP contribution in [0.25, 0.3) is 5.65 Å². The van der Waals surface area contributed by atoms with Crippen molar-refractivity contribution >= 4 is 11.5 Å². The highest BCUT2D eigenvalue weighted by molar-refractivity contribution is 5.58. The van der Waals surface area contributed by atoms with Gasteiger partial charge in [-0.1, -0.05) is 6.42 Å². The van der Waals surface area contributed by atoms with Crippen molar-refractivity contribution in [1.29, 1.82) is 0 Å². The first-order valence-electron chi connectivity index (χ1n) is 8.95. The molecule has 0 saturated carbocycles. The van der Waals surface area contributed by atoms with E-state index in [1.165, 1.54) is 18.4 Å². The van der Waals surface area contributed by atoms with Crippen LogP contribution < -0.4 is 10.2 Å². The van der Waals surface area contributed by atoms with Crippen LogP contribution in [0.4, 0.5) is 5.82 Å². The smallest absolute Gasteiger partial charge is 0.158 e. The molecule has 0 radical (unpaired) electrons. The Morgan fingerprint density at radius 3 is 2.88 bits per heavy atom. The van der Waals surface area contributed by atoms with E-state index in [0.29, 0.717) is 19.3 Å². The van der Waals surface area contributed by atoms with E-state index in [9.17, 15) is 0 Å². The topological polar surface area (TPSA) is 63.9 Å². The summed E-state index contributed by atoms with van der Waals surface area (Å²) in [7, 11) is 0. The molecule has 1 atom stereocenters. The molecule has 24 heavy (non-hydrogen) atoms. The number of piperidine rings is 1. The molecule has 2 saturated heterocycles. The average Bonchev–Trinajstić information content (AvgIpc) is 3.27. The molecule has 0 bridgehead atoms. The largest absolute Gasteiger partial charge is 0.378 e. The van der Waals surface area contributed by atoms with Crippen molar-refractivity contribution in [1.82, 2.24) is 19.9 Å². The number of nitrogens with zero attached hydrogens (tertiary/aromatic N) is 4. The van der Waals surface area contributed by atoms with Gasteiger partial charge in [0.05, 0.1) is 43.9 Å². The lowest BCUT2D eigenvalue weighted by atomic mass is 10.0. The zero-order valence-corrected chi connectivity index (χ0v) is 13.8. The maximum atomic E-state index is 5.66. The summed E-state index contributed by atoms with van der Waals surface area (Å²) in [6.07, 6.45) is 3.67. The number of anilines is 1. The number of morpholine rings is 1. The molecule has 7 nitrogen and oxygen atoms in total. The molecule has 5 rings (SSSR count). The quantitative estimate of drug-likeness (QED) is 0.899. The lowest BCUT2D eigenvalue weighted by Gasteiger charge is -2.30. The van der Waals surface area contributed by atoms with Crippen molar-refractivity contribution in [3.8, 4) is 0 Å². The van der Waals surface area contributed by atoms with E-state index >= 15 is 0 Å². The lowest BCUT2D eigenvalue weighted by Crippen LogP contribution is -2.38. The summed E-state index contributed by atoms with van der Waals surface area (Å²) >= 11 is 0. The lowest BCUT2D eigenvalue weighted by molar-refractivity contribution is 0.121. The minimum absolute atomic E-state index is 0.351. The van der Waals surface area contributed by atoms with E-state index in [2.05, 4.69) is 16.3 Å². The molecule has 1 N–H and O–H groups in total. The fraction of sp³-hybridized carbons (Fsp3) is 0.647. The van der Waals surface area contributed by atoms with Gasteiger partial charge in [0.25, 0.3) is 0 Å². The van der Waals surface area contributed by atoms with Crippen molar-refractivity contribution in [3.63, 3.8) is 0 Å². The Hall–Kier alpha value is -1.70. The maximum absolute atomic E-state index is 5.66.